The van der Waals surface area contributed by atoms with E-state index >= 15 is 0 Å². The molecule has 70 valence electrons. The zero-order valence-electron chi connectivity index (χ0n) is 6.96. The van der Waals surface area contributed by atoms with Crippen molar-refractivity contribution >= 4 is 11.8 Å². The van der Waals surface area contributed by atoms with Gasteiger partial charge in [-0.2, -0.15) is 0 Å². The van der Waals surface area contributed by atoms with Gasteiger partial charge in [-0.05, 0) is 7.05 Å². The molecule has 0 spiro atoms. The minimum Gasteiger partial charge on any atom is -0.368 e. The molecule has 0 heterocycles. The smallest absolute Gasteiger partial charge is 0.238 e. The zero-order valence-corrected chi connectivity index (χ0v) is 6.96. The molecule has 0 fully saturated rings. The molecule has 6 N–H and O–H groups in total. The number of carbonyl (C=O) groups excluding carboxylic acids is 2. The van der Waals surface area contributed by atoms with Gasteiger partial charge < -0.3 is 22.1 Å². The van der Waals surface area contributed by atoms with Gasteiger partial charge in [0.1, 0.15) is 0 Å². The first kappa shape index (κ1) is 10.9. The van der Waals surface area contributed by atoms with Gasteiger partial charge >= 0.3 is 0 Å². The number of likely N-dealkylation sites (N-methyl/N-ethyl adjacent to an activating group) is 1. The van der Waals surface area contributed by atoms with Crippen LogP contribution in [0.4, 0.5) is 0 Å². The number of rotatable bonds is 5. The third kappa shape index (κ3) is 4.64. The van der Waals surface area contributed by atoms with E-state index in [4.69, 9.17) is 11.5 Å². The second kappa shape index (κ2) is 5.50. The summed E-state index contributed by atoms with van der Waals surface area (Å²) in [5, 5.41) is 5.02. The number of nitrogens with two attached hydrogens (primary N) is 2. The highest BCUT2D eigenvalue weighted by atomic mass is 16.2. The fraction of sp³-hybridized carbons (Fsp3) is 0.667. The molecule has 0 rings (SSSR count). The van der Waals surface area contributed by atoms with Crippen molar-refractivity contribution in [3.63, 3.8) is 0 Å². The van der Waals surface area contributed by atoms with E-state index in [1.165, 1.54) is 0 Å². The summed E-state index contributed by atoms with van der Waals surface area (Å²) < 4.78 is 0. The SMILES string of the molecule is CNCC(N)C(=O)NCC(N)=O. The Hall–Kier alpha value is -1.14. The summed E-state index contributed by atoms with van der Waals surface area (Å²) in [5.41, 5.74) is 10.2. The molecule has 0 aliphatic heterocycles. The Bertz CT molecular complexity index is 171. The predicted octanol–water partition coefficient (Wildman–Crippen LogP) is -2.87. The van der Waals surface area contributed by atoms with Crippen molar-refractivity contribution in [3.8, 4) is 0 Å². The van der Waals surface area contributed by atoms with Crippen LogP contribution in [-0.2, 0) is 9.59 Å². The number of hydrogen-bond acceptors (Lipinski definition) is 4. The highest BCUT2D eigenvalue weighted by Crippen LogP contribution is 1.74. The van der Waals surface area contributed by atoms with Crippen LogP contribution < -0.4 is 22.1 Å². The van der Waals surface area contributed by atoms with Crippen molar-refractivity contribution in [3.05, 3.63) is 0 Å². The lowest BCUT2D eigenvalue weighted by Crippen LogP contribution is -2.48. The van der Waals surface area contributed by atoms with Crippen LogP contribution in [0.3, 0.4) is 0 Å². The quantitative estimate of drug-likeness (QED) is 0.359. The molecule has 2 amide bonds. The molecule has 6 nitrogen and oxygen atoms in total. The van der Waals surface area contributed by atoms with E-state index in [0.29, 0.717) is 6.54 Å². The molecule has 0 radical (unpaired) electrons. The van der Waals surface area contributed by atoms with Gasteiger partial charge in [-0.15, -0.1) is 0 Å². The molecule has 0 saturated heterocycles. The minimum atomic E-state index is -0.644. The molecular formula is C6H14N4O2. The lowest BCUT2D eigenvalue weighted by atomic mass is 10.3. The molecule has 12 heavy (non-hydrogen) atoms. The van der Waals surface area contributed by atoms with E-state index in [-0.39, 0.29) is 12.5 Å². The van der Waals surface area contributed by atoms with Crippen LogP contribution in [0.1, 0.15) is 0 Å². The average molecular weight is 174 g/mol. The monoisotopic (exact) mass is 174 g/mol. The van der Waals surface area contributed by atoms with Crippen molar-refractivity contribution in [1.29, 1.82) is 0 Å². The maximum atomic E-state index is 11.0. The van der Waals surface area contributed by atoms with Gasteiger partial charge in [0.2, 0.25) is 11.8 Å². The second-order valence-electron chi connectivity index (χ2n) is 2.35. The van der Waals surface area contributed by atoms with Crippen LogP contribution in [0, 0.1) is 0 Å². The van der Waals surface area contributed by atoms with E-state index < -0.39 is 11.9 Å². The topological polar surface area (TPSA) is 110 Å². The molecule has 6 heteroatoms. The Morgan fingerprint density at radius 3 is 2.50 bits per heavy atom. The molecule has 0 aliphatic carbocycles. The maximum absolute atomic E-state index is 11.0. The molecule has 0 saturated carbocycles. The summed E-state index contributed by atoms with van der Waals surface area (Å²) >= 11 is 0. The molecule has 0 aliphatic rings. The lowest BCUT2D eigenvalue weighted by Gasteiger charge is -2.09. The highest BCUT2D eigenvalue weighted by molar-refractivity contribution is 5.86. The molecule has 0 aromatic heterocycles. The Morgan fingerprint density at radius 1 is 1.50 bits per heavy atom. The predicted molar refractivity (Wildman–Crippen MR) is 44.1 cm³/mol. The first-order valence-electron chi connectivity index (χ1n) is 3.54. The third-order valence-corrected chi connectivity index (χ3v) is 1.20. The maximum Gasteiger partial charge on any atom is 0.238 e. The standard InChI is InChI=1S/C6H14N4O2/c1-9-2-4(7)6(12)10-3-5(8)11/h4,9H,2-3,7H2,1H3,(H2,8,11)(H,10,12). The Kier molecular flexibility index (Phi) is 4.98. The number of primary amides is 1. The van der Waals surface area contributed by atoms with Gasteiger partial charge in [-0.1, -0.05) is 0 Å². The first-order chi connectivity index (χ1) is 5.57. The first-order valence-corrected chi connectivity index (χ1v) is 3.54. The van der Waals surface area contributed by atoms with Gasteiger partial charge in [0.25, 0.3) is 0 Å². The van der Waals surface area contributed by atoms with Crippen LogP contribution in [0.15, 0.2) is 0 Å². The van der Waals surface area contributed by atoms with Crippen molar-refractivity contribution < 1.29 is 9.59 Å². The van der Waals surface area contributed by atoms with Crippen LogP contribution in [0.2, 0.25) is 0 Å². The molecule has 0 bridgehead atoms. The van der Waals surface area contributed by atoms with Gasteiger partial charge in [0.15, 0.2) is 0 Å². The van der Waals surface area contributed by atoms with E-state index in [9.17, 15) is 9.59 Å². The number of carbonyl (C=O) groups is 2. The molecule has 1 atom stereocenters. The second-order valence-corrected chi connectivity index (χ2v) is 2.35. The molecule has 1 unspecified atom stereocenters. The summed E-state index contributed by atoms with van der Waals surface area (Å²) in [6.45, 7) is 0.195. The van der Waals surface area contributed by atoms with Crippen LogP contribution in [0.5, 0.6) is 0 Å². The Labute approximate surface area is 70.7 Å². The van der Waals surface area contributed by atoms with Crippen molar-refractivity contribution in [1.82, 2.24) is 10.6 Å². The largest absolute Gasteiger partial charge is 0.368 e. The fourth-order valence-electron chi connectivity index (χ4n) is 0.618. The summed E-state index contributed by atoms with van der Waals surface area (Å²) in [5.74, 6) is -0.969. The van der Waals surface area contributed by atoms with Crippen LogP contribution >= 0.6 is 0 Å². The molecule has 0 aromatic carbocycles. The summed E-state index contributed by atoms with van der Waals surface area (Å²) in [4.78, 5) is 21.2. The van der Waals surface area contributed by atoms with E-state index in [0.717, 1.165) is 0 Å². The number of nitrogens with one attached hydrogen (secondary N) is 2. The van der Waals surface area contributed by atoms with Gasteiger partial charge in [0.05, 0.1) is 12.6 Å². The van der Waals surface area contributed by atoms with Gasteiger partial charge in [-0.25, -0.2) is 0 Å². The van der Waals surface area contributed by atoms with Crippen molar-refractivity contribution in [2.75, 3.05) is 20.1 Å². The Morgan fingerprint density at radius 2 is 2.08 bits per heavy atom. The van der Waals surface area contributed by atoms with Crippen molar-refractivity contribution in [2.24, 2.45) is 11.5 Å². The van der Waals surface area contributed by atoms with Crippen LogP contribution in [0.25, 0.3) is 0 Å². The third-order valence-electron chi connectivity index (χ3n) is 1.20. The Balaban J connectivity index is 3.64. The van der Waals surface area contributed by atoms with E-state index in [1.54, 1.807) is 7.05 Å². The molecule has 0 aromatic rings. The normalized spacial score (nSPS) is 12.2. The minimum absolute atomic E-state index is 0.170. The summed E-state index contributed by atoms with van der Waals surface area (Å²) in [7, 11) is 1.68. The van der Waals surface area contributed by atoms with Crippen LogP contribution in [-0.4, -0.2) is 38.0 Å². The van der Waals surface area contributed by atoms with Gasteiger partial charge in [0, 0.05) is 6.54 Å². The highest BCUT2D eigenvalue weighted by Gasteiger charge is 2.11. The van der Waals surface area contributed by atoms with E-state index in [2.05, 4.69) is 10.6 Å². The van der Waals surface area contributed by atoms with Crippen molar-refractivity contribution in [2.45, 2.75) is 6.04 Å². The number of amides is 2. The summed E-state index contributed by atoms with van der Waals surface area (Å²) in [6.07, 6.45) is 0. The van der Waals surface area contributed by atoms with Gasteiger partial charge in [-0.3, -0.25) is 9.59 Å². The van der Waals surface area contributed by atoms with E-state index in [1.807, 2.05) is 0 Å². The lowest BCUT2D eigenvalue weighted by molar-refractivity contribution is -0.125. The molecular weight excluding hydrogens is 160 g/mol. The fourth-order valence-corrected chi connectivity index (χ4v) is 0.618. The average Bonchev–Trinajstić information content (AvgIpc) is 2.00. The zero-order chi connectivity index (χ0) is 9.56. The summed E-state index contributed by atoms with van der Waals surface area (Å²) in [6, 6.07) is -0.644. The number of hydrogen-bond donors (Lipinski definition) is 4.